The van der Waals surface area contributed by atoms with E-state index in [1.807, 2.05) is 0 Å². The van der Waals surface area contributed by atoms with Gasteiger partial charge in [0.25, 0.3) is 0 Å². The summed E-state index contributed by atoms with van der Waals surface area (Å²) in [6.45, 7) is 0. The topological polar surface area (TPSA) is 73.4 Å². The molecule has 5 nitrogen and oxygen atoms in total. The van der Waals surface area contributed by atoms with Crippen molar-refractivity contribution in [3.63, 3.8) is 0 Å². The molecule has 1 unspecified atom stereocenters. The molecule has 0 amide bonds. The number of benzene rings is 1. The molecule has 1 aliphatic rings. The highest BCUT2D eigenvalue weighted by Crippen LogP contribution is 2.31. The highest BCUT2D eigenvalue weighted by Gasteiger charge is 2.19. The fourth-order valence-corrected chi connectivity index (χ4v) is 3.18. The van der Waals surface area contributed by atoms with Crippen LogP contribution in [-0.4, -0.2) is 28.0 Å². The maximum atomic E-state index is 14.4. The Labute approximate surface area is 148 Å². The molecule has 130 valence electrons. The fourth-order valence-electron chi connectivity index (χ4n) is 2.43. The van der Waals surface area contributed by atoms with E-state index in [4.69, 9.17) is 10.5 Å². The summed E-state index contributed by atoms with van der Waals surface area (Å²) >= 11 is 1.45. The van der Waals surface area contributed by atoms with Crippen LogP contribution in [0.15, 0.2) is 35.6 Å². The first-order valence-electron chi connectivity index (χ1n) is 7.56. The summed E-state index contributed by atoms with van der Waals surface area (Å²) in [5.74, 6) is 0.117. The van der Waals surface area contributed by atoms with Crippen LogP contribution < -0.4 is 10.5 Å². The Morgan fingerprint density at radius 1 is 1.36 bits per heavy atom. The smallest absolute Gasteiger partial charge is 0.232 e. The minimum absolute atomic E-state index is 0.0722. The van der Waals surface area contributed by atoms with E-state index >= 15 is 0 Å². The SMILES string of the molecule is COc1cnc(/C(F)=C/c2ccc(F)c(C3CCSC(N)=N3)c2)cn1. The van der Waals surface area contributed by atoms with Crippen LogP contribution in [0, 0.1) is 5.82 Å². The van der Waals surface area contributed by atoms with Crippen LogP contribution in [0.1, 0.15) is 29.3 Å². The average Bonchev–Trinajstić information content (AvgIpc) is 2.63. The van der Waals surface area contributed by atoms with Gasteiger partial charge in [-0.25, -0.2) is 18.7 Å². The van der Waals surface area contributed by atoms with Gasteiger partial charge in [0.2, 0.25) is 5.88 Å². The zero-order valence-corrected chi connectivity index (χ0v) is 14.3. The second-order valence-corrected chi connectivity index (χ2v) is 6.45. The van der Waals surface area contributed by atoms with Crippen molar-refractivity contribution in [1.29, 1.82) is 0 Å². The Kier molecular flexibility index (Phi) is 5.28. The molecular weight excluding hydrogens is 346 g/mol. The highest BCUT2D eigenvalue weighted by atomic mass is 32.2. The number of methoxy groups -OCH3 is 1. The van der Waals surface area contributed by atoms with Crippen molar-refractivity contribution in [2.24, 2.45) is 10.7 Å². The van der Waals surface area contributed by atoms with Crippen LogP contribution in [0.2, 0.25) is 0 Å². The Bertz CT molecular complexity index is 824. The van der Waals surface area contributed by atoms with Crippen molar-refractivity contribution in [3.05, 3.63) is 53.2 Å². The maximum Gasteiger partial charge on any atom is 0.232 e. The highest BCUT2D eigenvalue weighted by molar-refractivity contribution is 8.13. The van der Waals surface area contributed by atoms with E-state index in [9.17, 15) is 8.78 Å². The Morgan fingerprint density at radius 3 is 2.88 bits per heavy atom. The summed E-state index contributed by atoms with van der Waals surface area (Å²) in [6.07, 6.45) is 4.57. The number of aliphatic imine (C=N–C) groups is 1. The third-order valence-electron chi connectivity index (χ3n) is 3.68. The zero-order chi connectivity index (χ0) is 17.8. The first-order chi connectivity index (χ1) is 12.1. The van der Waals surface area contributed by atoms with E-state index in [1.165, 1.54) is 49.5 Å². The monoisotopic (exact) mass is 362 g/mol. The minimum Gasteiger partial charge on any atom is -0.480 e. The number of nitrogens with zero attached hydrogens (tertiary/aromatic N) is 3. The summed E-state index contributed by atoms with van der Waals surface area (Å²) in [6, 6.07) is 4.05. The lowest BCUT2D eigenvalue weighted by Crippen LogP contribution is -2.16. The molecule has 25 heavy (non-hydrogen) atoms. The quantitative estimate of drug-likeness (QED) is 0.900. The number of hydrogen-bond acceptors (Lipinski definition) is 6. The lowest BCUT2D eigenvalue weighted by atomic mass is 10.0. The van der Waals surface area contributed by atoms with Gasteiger partial charge in [-0.15, -0.1) is 0 Å². The molecular formula is C17H16F2N4OS. The van der Waals surface area contributed by atoms with Crippen molar-refractivity contribution in [1.82, 2.24) is 9.97 Å². The van der Waals surface area contributed by atoms with Crippen molar-refractivity contribution < 1.29 is 13.5 Å². The van der Waals surface area contributed by atoms with Gasteiger partial charge < -0.3 is 10.5 Å². The number of ether oxygens (including phenoxy) is 1. The molecule has 1 aromatic heterocycles. The van der Waals surface area contributed by atoms with E-state index in [0.29, 0.717) is 28.6 Å². The molecule has 0 saturated carbocycles. The summed E-state index contributed by atoms with van der Waals surface area (Å²) in [4.78, 5) is 12.1. The van der Waals surface area contributed by atoms with E-state index in [1.54, 1.807) is 6.07 Å². The third kappa shape index (κ3) is 4.14. The molecule has 0 radical (unpaired) electrons. The standard InChI is InChI=1S/C17H16F2N4OS/c1-24-16-9-21-15(8-22-16)13(19)7-10-2-3-12(18)11(6-10)14-4-5-25-17(20)23-14/h2-3,6-9,14H,4-5H2,1H3,(H2,20,23)/b13-7-. The molecule has 0 spiro atoms. The molecule has 1 aliphatic heterocycles. The van der Waals surface area contributed by atoms with E-state index in [-0.39, 0.29) is 17.6 Å². The lowest BCUT2D eigenvalue weighted by Gasteiger charge is -2.19. The second kappa shape index (κ2) is 7.60. The number of aromatic nitrogens is 2. The van der Waals surface area contributed by atoms with Crippen LogP contribution >= 0.6 is 11.8 Å². The van der Waals surface area contributed by atoms with Crippen molar-refractivity contribution >= 4 is 28.8 Å². The molecule has 0 aliphatic carbocycles. The number of hydrogen-bond donors (Lipinski definition) is 1. The normalized spacial score (nSPS) is 18.0. The maximum absolute atomic E-state index is 14.4. The first-order valence-corrected chi connectivity index (χ1v) is 8.54. The van der Waals surface area contributed by atoms with Crippen molar-refractivity contribution in [2.75, 3.05) is 12.9 Å². The number of rotatable bonds is 4. The first kappa shape index (κ1) is 17.3. The second-order valence-electron chi connectivity index (χ2n) is 5.34. The molecule has 2 aromatic rings. The summed E-state index contributed by atoms with van der Waals surface area (Å²) < 4.78 is 33.4. The third-order valence-corrected chi connectivity index (χ3v) is 4.52. The predicted molar refractivity (Wildman–Crippen MR) is 95.4 cm³/mol. The van der Waals surface area contributed by atoms with E-state index < -0.39 is 5.83 Å². The number of halogens is 2. The van der Waals surface area contributed by atoms with Crippen LogP contribution in [0.25, 0.3) is 11.9 Å². The van der Waals surface area contributed by atoms with Gasteiger partial charge in [-0.05, 0) is 30.2 Å². The van der Waals surface area contributed by atoms with Gasteiger partial charge in [0.05, 0.1) is 25.5 Å². The molecule has 0 bridgehead atoms. The van der Waals surface area contributed by atoms with Gasteiger partial charge in [-0.3, -0.25) is 4.99 Å². The molecule has 0 saturated heterocycles. The van der Waals surface area contributed by atoms with Gasteiger partial charge in [0.15, 0.2) is 11.0 Å². The van der Waals surface area contributed by atoms with E-state index in [2.05, 4.69) is 15.0 Å². The molecule has 1 atom stereocenters. The Morgan fingerprint density at radius 2 is 2.20 bits per heavy atom. The van der Waals surface area contributed by atoms with Gasteiger partial charge in [0, 0.05) is 11.3 Å². The summed E-state index contributed by atoms with van der Waals surface area (Å²) in [5.41, 5.74) is 6.72. The van der Waals surface area contributed by atoms with Crippen molar-refractivity contribution in [3.8, 4) is 5.88 Å². The van der Waals surface area contributed by atoms with Crippen LogP contribution in [-0.2, 0) is 0 Å². The molecule has 2 heterocycles. The van der Waals surface area contributed by atoms with Crippen molar-refractivity contribution in [2.45, 2.75) is 12.5 Å². The summed E-state index contributed by atoms with van der Waals surface area (Å²) in [5, 5.41) is 0.441. The average molecular weight is 362 g/mol. The van der Waals surface area contributed by atoms with Crippen LogP contribution in [0.5, 0.6) is 5.88 Å². The van der Waals surface area contributed by atoms with Gasteiger partial charge >= 0.3 is 0 Å². The Balaban J connectivity index is 1.89. The molecule has 3 rings (SSSR count). The Hall–Kier alpha value is -2.48. The number of nitrogens with two attached hydrogens (primary N) is 1. The van der Waals surface area contributed by atoms with Crippen LogP contribution in [0.4, 0.5) is 8.78 Å². The van der Waals surface area contributed by atoms with Gasteiger partial charge in [0.1, 0.15) is 11.5 Å². The van der Waals surface area contributed by atoms with E-state index in [0.717, 1.165) is 5.75 Å². The fraction of sp³-hybridized carbons (Fsp3) is 0.235. The largest absolute Gasteiger partial charge is 0.480 e. The number of thioether (sulfide) groups is 1. The van der Waals surface area contributed by atoms with Gasteiger partial charge in [-0.1, -0.05) is 17.8 Å². The zero-order valence-electron chi connectivity index (χ0n) is 13.4. The lowest BCUT2D eigenvalue weighted by molar-refractivity contribution is 0.395. The summed E-state index contributed by atoms with van der Waals surface area (Å²) in [7, 11) is 1.45. The minimum atomic E-state index is -0.574. The predicted octanol–water partition coefficient (Wildman–Crippen LogP) is 3.58. The van der Waals surface area contributed by atoms with Crippen LogP contribution in [0.3, 0.4) is 0 Å². The molecule has 0 fully saturated rings. The molecule has 1 aromatic carbocycles. The molecule has 2 N–H and O–H groups in total. The number of amidine groups is 1. The van der Waals surface area contributed by atoms with Gasteiger partial charge in [-0.2, -0.15) is 0 Å². The molecule has 8 heteroatoms.